The minimum Gasteiger partial charge on any atom is -0.330 e. The number of hydrogen-bond acceptors (Lipinski definition) is 3. The van der Waals surface area contributed by atoms with E-state index in [0.29, 0.717) is 12.5 Å². The van der Waals surface area contributed by atoms with Gasteiger partial charge in [-0.25, -0.2) is 4.98 Å². The third kappa shape index (κ3) is 3.28. The molecule has 4 heteroatoms. The lowest BCUT2D eigenvalue weighted by molar-refractivity contribution is 0.766. The number of hydrogen-bond donors (Lipinski definition) is 1. The molecule has 17 heavy (non-hydrogen) atoms. The van der Waals surface area contributed by atoms with Crippen molar-refractivity contribution in [3.8, 4) is 0 Å². The van der Waals surface area contributed by atoms with Crippen LogP contribution in [0.2, 0.25) is 5.02 Å². The van der Waals surface area contributed by atoms with E-state index in [1.807, 2.05) is 30.5 Å². The molecule has 0 saturated carbocycles. The van der Waals surface area contributed by atoms with E-state index in [1.54, 1.807) is 11.3 Å². The lowest BCUT2D eigenvalue weighted by Crippen LogP contribution is -2.08. The van der Waals surface area contributed by atoms with Gasteiger partial charge in [0.1, 0.15) is 0 Å². The van der Waals surface area contributed by atoms with E-state index in [9.17, 15) is 0 Å². The largest absolute Gasteiger partial charge is 0.330 e. The van der Waals surface area contributed by atoms with Crippen molar-refractivity contribution >= 4 is 22.9 Å². The minimum absolute atomic E-state index is 0.346. The van der Waals surface area contributed by atoms with E-state index in [0.717, 1.165) is 16.5 Å². The second kappa shape index (κ2) is 5.63. The maximum atomic E-state index is 5.86. The predicted octanol–water partition coefficient (Wildman–Crippen LogP) is 3.45. The van der Waals surface area contributed by atoms with Gasteiger partial charge in [0.05, 0.1) is 5.01 Å². The Morgan fingerprint density at radius 3 is 2.71 bits per heavy atom. The molecule has 0 amide bonds. The Kier molecular flexibility index (Phi) is 4.15. The van der Waals surface area contributed by atoms with Crippen molar-refractivity contribution in [2.24, 2.45) is 5.73 Å². The van der Waals surface area contributed by atoms with E-state index in [1.165, 1.54) is 10.4 Å². The molecule has 0 spiro atoms. The highest BCUT2D eigenvalue weighted by Gasteiger charge is 2.08. The van der Waals surface area contributed by atoms with Crippen LogP contribution in [0.15, 0.2) is 30.5 Å². The maximum Gasteiger partial charge on any atom is 0.0968 e. The molecule has 1 aromatic heterocycles. The van der Waals surface area contributed by atoms with Crippen LogP contribution in [-0.4, -0.2) is 11.5 Å². The van der Waals surface area contributed by atoms with Gasteiger partial charge in [-0.2, -0.15) is 0 Å². The van der Waals surface area contributed by atoms with E-state index in [-0.39, 0.29) is 0 Å². The third-order valence-electron chi connectivity index (χ3n) is 2.64. The molecular weight excluding hydrogens is 252 g/mol. The molecule has 90 valence electrons. The summed E-state index contributed by atoms with van der Waals surface area (Å²) in [5, 5.41) is 1.90. The Bertz CT molecular complexity index is 478. The molecule has 2 nitrogen and oxygen atoms in total. The van der Waals surface area contributed by atoms with Crippen LogP contribution in [-0.2, 0) is 6.42 Å². The zero-order valence-electron chi connectivity index (χ0n) is 9.69. The van der Waals surface area contributed by atoms with Crippen LogP contribution < -0.4 is 5.73 Å². The summed E-state index contributed by atoms with van der Waals surface area (Å²) in [6.45, 7) is 2.75. The number of halogens is 1. The third-order valence-corrected chi connectivity index (χ3v) is 4.12. The highest BCUT2D eigenvalue weighted by molar-refractivity contribution is 7.11. The van der Waals surface area contributed by atoms with E-state index >= 15 is 0 Å². The minimum atomic E-state index is 0.346. The lowest BCUT2D eigenvalue weighted by atomic mass is 10.1. The summed E-state index contributed by atoms with van der Waals surface area (Å²) in [6, 6.07) is 7.94. The fourth-order valence-corrected chi connectivity index (χ4v) is 2.68. The Hall–Kier alpha value is -0.900. The Labute approximate surface area is 110 Å². The first-order chi connectivity index (χ1) is 8.19. The first kappa shape index (κ1) is 12.6. The van der Waals surface area contributed by atoms with Crippen molar-refractivity contribution in [1.29, 1.82) is 0 Å². The number of nitrogens with two attached hydrogens (primary N) is 1. The fraction of sp³-hybridized carbons (Fsp3) is 0.308. The van der Waals surface area contributed by atoms with Gasteiger partial charge in [0.2, 0.25) is 0 Å². The van der Waals surface area contributed by atoms with Crippen LogP contribution in [0.3, 0.4) is 0 Å². The molecule has 0 bridgehead atoms. The monoisotopic (exact) mass is 266 g/mol. The van der Waals surface area contributed by atoms with Crippen LogP contribution in [0, 0.1) is 0 Å². The van der Waals surface area contributed by atoms with Crippen LogP contribution in [0.5, 0.6) is 0 Å². The van der Waals surface area contributed by atoms with Crippen LogP contribution in [0.4, 0.5) is 0 Å². The summed E-state index contributed by atoms with van der Waals surface area (Å²) in [7, 11) is 0. The fourth-order valence-electron chi connectivity index (χ4n) is 1.54. The molecule has 1 unspecified atom stereocenters. The molecule has 0 fully saturated rings. The summed E-state index contributed by atoms with van der Waals surface area (Å²) in [6.07, 6.45) is 2.85. The van der Waals surface area contributed by atoms with Crippen molar-refractivity contribution in [2.45, 2.75) is 19.3 Å². The molecule has 2 rings (SSSR count). The molecule has 0 radical (unpaired) electrons. The smallest absolute Gasteiger partial charge is 0.0968 e. The van der Waals surface area contributed by atoms with Crippen molar-refractivity contribution in [3.05, 3.63) is 50.9 Å². The predicted molar refractivity (Wildman–Crippen MR) is 73.8 cm³/mol. The van der Waals surface area contributed by atoms with Gasteiger partial charge in [-0.15, -0.1) is 11.3 Å². The molecular formula is C13H15ClN2S. The SMILES string of the molecule is CC(CN)c1ncc(Cc2ccc(Cl)cc2)s1. The van der Waals surface area contributed by atoms with Gasteiger partial charge in [0.25, 0.3) is 0 Å². The highest BCUT2D eigenvalue weighted by atomic mass is 35.5. The van der Waals surface area contributed by atoms with Crippen LogP contribution >= 0.6 is 22.9 Å². The molecule has 2 aromatic rings. The number of rotatable bonds is 4. The molecule has 1 heterocycles. The van der Waals surface area contributed by atoms with Crippen LogP contribution in [0.25, 0.3) is 0 Å². The van der Waals surface area contributed by atoms with Crippen LogP contribution in [0.1, 0.15) is 28.3 Å². The molecule has 1 aromatic carbocycles. The molecule has 2 N–H and O–H groups in total. The number of benzene rings is 1. The average Bonchev–Trinajstić information content (AvgIpc) is 2.80. The van der Waals surface area contributed by atoms with Gasteiger partial charge in [0.15, 0.2) is 0 Å². The summed E-state index contributed by atoms with van der Waals surface area (Å²) >= 11 is 7.60. The Morgan fingerprint density at radius 1 is 1.35 bits per heavy atom. The van der Waals surface area contributed by atoms with Crippen molar-refractivity contribution in [1.82, 2.24) is 4.98 Å². The molecule has 0 aliphatic rings. The first-order valence-corrected chi connectivity index (χ1v) is 6.77. The van der Waals surface area contributed by atoms with Crippen molar-refractivity contribution in [3.63, 3.8) is 0 Å². The normalized spacial score (nSPS) is 12.6. The van der Waals surface area contributed by atoms with E-state index in [4.69, 9.17) is 17.3 Å². The quantitative estimate of drug-likeness (QED) is 0.921. The van der Waals surface area contributed by atoms with E-state index in [2.05, 4.69) is 11.9 Å². The van der Waals surface area contributed by atoms with Gasteiger partial charge in [-0.1, -0.05) is 30.7 Å². The molecule has 1 atom stereocenters. The zero-order valence-corrected chi connectivity index (χ0v) is 11.3. The highest BCUT2D eigenvalue weighted by Crippen LogP contribution is 2.23. The van der Waals surface area contributed by atoms with Gasteiger partial charge in [0, 0.05) is 35.0 Å². The first-order valence-electron chi connectivity index (χ1n) is 5.58. The molecule has 0 aliphatic heterocycles. The standard InChI is InChI=1S/C13H15ClN2S/c1-9(7-15)13-16-8-12(17-13)6-10-2-4-11(14)5-3-10/h2-5,8-9H,6-7,15H2,1H3. The summed E-state index contributed by atoms with van der Waals surface area (Å²) in [5.74, 6) is 0.346. The Balaban J connectivity index is 2.08. The topological polar surface area (TPSA) is 38.9 Å². The molecule has 0 saturated heterocycles. The van der Waals surface area contributed by atoms with Crippen molar-refractivity contribution < 1.29 is 0 Å². The van der Waals surface area contributed by atoms with Gasteiger partial charge in [-0.05, 0) is 17.7 Å². The Morgan fingerprint density at radius 2 is 2.06 bits per heavy atom. The van der Waals surface area contributed by atoms with Gasteiger partial charge < -0.3 is 5.73 Å². The second-order valence-corrected chi connectivity index (χ2v) is 5.69. The zero-order chi connectivity index (χ0) is 12.3. The molecule has 0 aliphatic carbocycles. The maximum absolute atomic E-state index is 5.86. The number of aromatic nitrogens is 1. The lowest BCUT2D eigenvalue weighted by Gasteiger charge is -2.02. The van der Waals surface area contributed by atoms with Crippen molar-refractivity contribution in [2.75, 3.05) is 6.54 Å². The summed E-state index contributed by atoms with van der Waals surface area (Å²) in [5.41, 5.74) is 6.89. The average molecular weight is 267 g/mol. The van der Waals surface area contributed by atoms with E-state index < -0.39 is 0 Å². The summed E-state index contributed by atoms with van der Waals surface area (Å²) in [4.78, 5) is 5.68. The van der Waals surface area contributed by atoms with Gasteiger partial charge >= 0.3 is 0 Å². The summed E-state index contributed by atoms with van der Waals surface area (Å²) < 4.78 is 0. The number of thiazole rings is 1. The second-order valence-electron chi connectivity index (χ2n) is 4.10. The van der Waals surface area contributed by atoms with Gasteiger partial charge in [-0.3, -0.25) is 0 Å². The number of nitrogens with zero attached hydrogens (tertiary/aromatic N) is 1.